The van der Waals surface area contributed by atoms with Crippen molar-refractivity contribution in [3.05, 3.63) is 64.2 Å². The van der Waals surface area contributed by atoms with Gasteiger partial charge in [-0.05, 0) is 36.8 Å². The topological polar surface area (TPSA) is 53.4 Å². The van der Waals surface area contributed by atoms with Gasteiger partial charge in [-0.1, -0.05) is 30.0 Å². The van der Waals surface area contributed by atoms with E-state index in [4.69, 9.17) is 9.47 Å². The summed E-state index contributed by atoms with van der Waals surface area (Å²) in [5.41, 5.74) is 1.33. The molecule has 1 aromatic heterocycles. The zero-order chi connectivity index (χ0) is 19.4. The van der Waals surface area contributed by atoms with E-state index in [1.807, 2.05) is 25.1 Å². The highest BCUT2D eigenvalue weighted by Crippen LogP contribution is 2.26. The Kier molecular flexibility index (Phi) is 6.13. The second-order valence-corrected chi connectivity index (χ2v) is 7.09. The Bertz CT molecular complexity index is 1010. The molecule has 5 nitrogen and oxygen atoms in total. The van der Waals surface area contributed by atoms with E-state index in [0.29, 0.717) is 28.4 Å². The molecule has 7 heteroatoms. The predicted octanol–water partition coefficient (Wildman–Crippen LogP) is 4.04. The fourth-order valence-corrected chi connectivity index (χ4v) is 3.92. The van der Waals surface area contributed by atoms with Gasteiger partial charge in [-0.2, -0.15) is 0 Å². The maximum absolute atomic E-state index is 13.9. The summed E-state index contributed by atoms with van der Waals surface area (Å²) in [7, 11) is 3.03. The van der Waals surface area contributed by atoms with Gasteiger partial charge < -0.3 is 9.47 Å². The highest BCUT2D eigenvalue weighted by atomic mass is 32.2. The molecule has 0 aliphatic rings. The molecule has 0 unspecified atom stereocenters. The first-order valence-electron chi connectivity index (χ1n) is 8.50. The average molecular weight is 388 g/mol. The molecular formula is C20H21FN2O3S. The van der Waals surface area contributed by atoms with Gasteiger partial charge in [0.25, 0.3) is 5.56 Å². The van der Waals surface area contributed by atoms with Crippen LogP contribution < -0.4 is 10.3 Å². The molecule has 0 amide bonds. The van der Waals surface area contributed by atoms with Crippen molar-refractivity contribution in [1.29, 1.82) is 0 Å². The van der Waals surface area contributed by atoms with E-state index in [1.54, 1.807) is 29.9 Å². The Balaban J connectivity index is 1.98. The van der Waals surface area contributed by atoms with Crippen LogP contribution in [0.3, 0.4) is 0 Å². The molecule has 0 saturated heterocycles. The van der Waals surface area contributed by atoms with E-state index in [9.17, 15) is 9.18 Å². The van der Waals surface area contributed by atoms with E-state index >= 15 is 0 Å². The van der Waals surface area contributed by atoms with Crippen molar-refractivity contribution in [2.45, 2.75) is 23.9 Å². The first-order chi connectivity index (χ1) is 13.0. The number of hydrogen-bond donors (Lipinski definition) is 0. The lowest BCUT2D eigenvalue weighted by molar-refractivity contribution is 0.156. The highest BCUT2D eigenvalue weighted by Gasteiger charge is 2.17. The van der Waals surface area contributed by atoms with Gasteiger partial charge in [0.05, 0.1) is 30.7 Å². The van der Waals surface area contributed by atoms with Crippen LogP contribution in [-0.2, 0) is 10.5 Å². The average Bonchev–Trinajstić information content (AvgIpc) is 2.66. The zero-order valence-corrected chi connectivity index (χ0v) is 16.3. The number of halogens is 1. The minimum absolute atomic E-state index is 0.103. The molecule has 0 aliphatic heterocycles. The minimum Gasteiger partial charge on any atom is -0.494 e. The molecule has 1 heterocycles. The van der Waals surface area contributed by atoms with Crippen molar-refractivity contribution >= 4 is 22.7 Å². The Morgan fingerprint density at radius 1 is 1.22 bits per heavy atom. The molecule has 2 aromatic carbocycles. The van der Waals surface area contributed by atoms with Crippen LogP contribution in [-0.4, -0.2) is 30.4 Å². The summed E-state index contributed by atoms with van der Waals surface area (Å²) in [6.07, 6.45) is 0. The lowest BCUT2D eigenvalue weighted by Crippen LogP contribution is -2.28. The molecule has 3 aromatic rings. The van der Waals surface area contributed by atoms with E-state index in [1.165, 1.54) is 24.9 Å². The molecular weight excluding hydrogens is 367 g/mol. The lowest BCUT2D eigenvalue weighted by atomic mass is 10.2. The van der Waals surface area contributed by atoms with Gasteiger partial charge in [-0.3, -0.25) is 9.36 Å². The fraction of sp³-hybridized carbons (Fsp3) is 0.300. The molecule has 1 atom stereocenters. The largest absolute Gasteiger partial charge is 0.494 e. The maximum Gasteiger partial charge on any atom is 0.262 e. The molecule has 0 radical (unpaired) electrons. The van der Waals surface area contributed by atoms with Gasteiger partial charge in [-0.25, -0.2) is 9.37 Å². The highest BCUT2D eigenvalue weighted by molar-refractivity contribution is 7.98. The maximum atomic E-state index is 13.9. The number of rotatable bonds is 7. The summed E-state index contributed by atoms with van der Waals surface area (Å²) in [5.74, 6) is 0.274. The number of hydrogen-bond acceptors (Lipinski definition) is 5. The van der Waals surface area contributed by atoms with Crippen molar-refractivity contribution in [3.63, 3.8) is 0 Å². The Morgan fingerprint density at radius 2 is 2.00 bits per heavy atom. The van der Waals surface area contributed by atoms with Crippen molar-refractivity contribution in [2.24, 2.45) is 0 Å². The van der Waals surface area contributed by atoms with Crippen LogP contribution in [0.2, 0.25) is 0 Å². The Morgan fingerprint density at radius 3 is 2.70 bits per heavy atom. The number of aromatic nitrogens is 2. The molecule has 0 bridgehead atoms. The molecule has 3 rings (SSSR count). The number of nitrogens with zero attached hydrogens (tertiary/aromatic N) is 2. The lowest BCUT2D eigenvalue weighted by Gasteiger charge is -2.19. The molecule has 142 valence electrons. The van der Waals surface area contributed by atoms with Crippen LogP contribution in [0.1, 0.15) is 18.5 Å². The Hall–Kier alpha value is -2.38. The van der Waals surface area contributed by atoms with E-state index < -0.39 is 5.82 Å². The number of methoxy groups -OCH3 is 2. The van der Waals surface area contributed by atoms with Gasteiger partial charge in [0, 0.05) is 12.9 Å². The van der Waals surface area contributed by atoms with Gasteiger partial charge in [-0.15, -0.1) is 0 Å². The molecule has 27 heavy (non-hydrogen) atoms. The SMILES string of the molecule is COC[C@@H](C)n1c(SCc2ccc(OC)c(F)c2)nc2ccccc2c1=O. The first kappa shape index (κ1) is 19.4. The predicted molar refractivity (Wildman–Crippen MR) is 105 cm³/mol. The second kappa shape index (κ2) is 8.54. The summed E-state index contributed by atoms with van der Waals surface area (Å²) in [4.78, 5) is 17.7. The van der Waals surface area contributed by atoms with Crippen molar-refractivity contribution in [2.75, 3.05) is 20.8 Å². The van der Waals surface area contributed by atoms with Crippen LogP contribution in [0.4, 0.5) is 4.39 Å². The third-order valence-corrected chi connectivity index (χ3v) is 5.23. The summed E-state index contributed by atoms with van der Waals surface area (Å²) in [6, 6.07) is 11.9. The van der Waals surface area contributed by atoms with Crippen LogP contribution in [0.15, 0.2) is 52.4 Å². The summed E-state index contributed by atoms with van der Waals surface area (Å²) in [5, 5.41) is 1.15. The zero-order valence-electron chi connectivity index (χ0n) is 15.4. The number of benzene rings is 2. The van der Waals surface area contributed by atoms with Gasteiger partial charge in [0.1, 0.15) is 0 Å². The number of fused-ring (bicyclic) bond motifs is 1. The van der Waals surface area contributed by atoms with Gasteiger partial charge in [0.15, 0.2) is 16.7 Å². The second-order valence-electron chi connectivity index (χ2n) is 6.15. The summed E-state index contributed by atoms with van der Waals surface area (Å²) in [6.45, 7) is 2.31. The summed E-state index contributed by atoms with van der Waals surface area (Å²) < 4.78 is 25.8. The quantitative estimate of drug-likeness (QED) is 0.452. The molecule has 0 spiro atoms. The monoisotopic (exact) mass is 388 g/mol. The van der Waals surface area contributed by atoms with E-state index in [-0.39, 0.29) is 17.4 Å². The van der Waals surface area contributed by atoms with Gasteiger partial charge >= 0.3 is 0 Å². The standard InChI is InChI=1S/C20H21FN2O3S/c1-13(11-25-2)23-19(24)15-6-4-5-7-17(15)22-20(23)27-12-14-8-9-18(26-3)16(21)10-14/h4-10,13H,11-12H2,1-3H3/t13-/m1/s1. The number of para-hydroxylation sites is 1. The van der Waals surface area contributed by atoms with Crippen LogP contribution in [0.25, 0.3) is 10.9 Å². The Labute approximate surface area is 161 Å². The fourth-order valence-electron chi connectivity index (χ4n) is 2.88. The first-order valence-corrected chi connectivity index (χ1v) is 9.49. The normalized spacial score (nSPS) is 12.3. The van der Waals surface area contributed by atoms with Crippen molar-refractivity contribution in [3.8, 4) is 5.75 Å². The number of thioether (sulfide) groups is 1. The molecule has 0 fully saturated rings. The van der Waals surface area contributed by atoms with Crippen LogP contribution in [0, 0.1) is 5.82 Å². The van der Waals surface area contributed by atoms with Crippen LogP contribution in [0.5, 0.6) is 5.75 Å². The van der Waals surface area contributed by atoms with Crippen molar-refractivity contribution < 1.29 is 13.9 Å². The van der Waals surface area contributed by atoms with E-state index in [0.717, 1.165) is 5.56 Å². The van der Waals surface area contributed by atoms with Crippen LogP contribution >= 0.6 is 11.8 Å². The molecule has 0 saturated carbocycles. The third-order valence-electron chi connectivity index (χ3n) is 4.21. The smallest absolute Gasteiger partial charge is 0.262 e. The van der Waals surface area contributed by atoms with Crippen molar-refractivity contribution in [1.82, 2.24) is 9.55 Å². The minimum atomic E-state index is -0.410. The molecule has 0 N–H and O–H groups in total. The molecule has 0 aliphatic carbocycles. The number of ether oxygens (including phenoxy) is 2. The summed E-state index contributed by atoms with van der Waals surface area (Å²) >= 11 is 1.39. The van der Waals surface area contributed by atoms with Gasteiger partial charge in [0.2, 0.25) is 0 Å². The third kappa shape index (κ3) is 4.14. The van der Waals surface area contributed by atoms with E-state index in [2.05, 4.69) is 4.98 Å².